The molecule has 17 heavy (non-hydrogen) atoms. The van der Waals surface area contributed by atoms with E-state index in [9.17, 15) is 18.8 Å². The lowest BCUT2D eigenvalue weighted by Crippen LogP contribution is -2.31. The second kappa shape index (κ2) is 3.97. The van der Waals surface area contributed by atoms with E-state index < -0.39 is 23.7 Å². The maximum Gasteiger partial charge on any atom is 0.336 e. The fraction of sp³-hybridized carbons (Fsp3) is 0. The number of carbonyl (C=O) groups excluding carboxylic acids is 3. The zero-order chi connectivity index (χ0) is 12.7. The molecule has 1 aliphatic heterocycles. The zero-order valence-electron chi connectivity index (χ0n) is 7.96. The van der Waals surface area contributed by atoms with Gasteiger partial charge in [-0.2, -0.15) is 0 Å². The molecular formula is C9H3Cl2FN2O3. The average molecular weight is 277 g/mol. The van der Waals surface area contributed by atoms with Crippen LogP contribution >= 0.6 is 23.2 Å². The Hall–Kier alpha value is -1.66. The molecule has 0 aromatic heterocycles. The van der Waals surface area contributed by atoms with Crippen molar-refractivity contribution in [2.75, 3.05) is 4.90 Å². The van der Waals surface area contributed by atoms with Gasteiger partial charge in [-0.05, 0) is 12.1 Å². The Bertz CT molecular complexity index is 538. The third-order valence-corrected chi connectivity index (χ3v) is 2.60. The summed E-state index contributed by atoms with van der Waals surface area (Å²) in [5.41, 5.74) is -0.219. The second-order valence-electron chi connectivity index (χ2n) is 3.12. The van der Waals surface area contributed by atoms with E-state index in [1.807, 2.05) is 0 Å². The van der Waals surface area contributed by atoms with Gasteiger partial charge in [-0.15, -0.1) is 0 Å². The van der Waals surface area contributed by atoms with Crippen molar-refractivity contribution < 1.29 is 18.8 Å². The molecule has 0 bridgehead atoms. The van der Waals surface area contributed by atoms with Crippen molar-refractivity contribution in [2.24, 2.45) is 0 Å². The molecular weight excluding hydrogens is 274 g/mol. The summed E-state index contributed by atoms with van der Waals surface area (Å²) in [4.78, 5) is 34.2. The van der Waals surface area contributed by atoms with E-state index in [0.717, 1.165) is 12.1 Å². The molecule has 5 nitrogen and oxygen atoms in total. The van der Waals surface area contributed by atoms with Crippen molar-refractivity contribution in [3.63, 3.8) is 0 Å². The molecule has 1 aliphatic rings. The van der Waals surface area contributed by atoms with E-state index in [2.05, 4.69) is 0 Å². The minimum Gasteiger partial charge on any atom is -0.269 e. The molecule has 8 heteroatoms. The van der Waals surface area contributed by atoms with Crippen LogP contribution in [0.25, 0.3) is 0 Å². The van der Waals surface area contributed by atoms with Gasteiger partial charge in [0.15, 0.2) is 0 Å². The summed E-state index contributed by atoms with van der Waals surface area (Å²) in [7, 11) is 0. The topological polar surface area (TPSA) is 66.5 Å². The molecule has 0 atom stereocenters. The van der Waals surface area contributed by atoms with Crippen LogP contribution in [0.3, 0.4) is 0 Å². The Labute approximate surface area is 104 Å². The maximum absolute atomic E-state index is 12.9. The van der Waals surface area contributed by atoms with Gasteiger partial charge >= 0.3 is 17.8 Å². The molecule has 0 aliphatic carbocycles. The number of amides is 4. The average Bonchev–Trinajstić information content (AvgIpc) is 2.43. The highest BCUT2D eigenvalue weighted by Gasteiger charge is 2.40. The number of nitrogens with one attached hydrogen (secondary N) is 1. The lowest BCUT2D eigenvalue weighted by Gasteiger charge is -2.14. The highest BCUT2D eigenvalue weighted by molar-refractivity contribution is 6.55. The molecule has 4 amide bonds. The molecule has 1 aromatic carbocycles. The maximum atomic E-state index is 12.9. The van der Waals surface area contributed by atoms with E-state index >= 15 is 0 Å². The van der Waals surface area contributed by atoms with Crippen molar-refractivity contribution in [3.05, 3.63) is 28.0 Å². The van der Waals surface area contributed by atoms with Crippen molar-refractivity contribution >= 4 is 46.7 Å². The van der Waals surface area contributed by atoms with Crippen molar-refractivity contribution in [1.29, 1.82) is 0 Å². The third-order valence-electron chi connectivity index (χ3n) is 2.03. The van der Waals surface area contributed by atoms with Crippen LogP contribution in [-0.2, 0) is 9.59 Å². The standard InChI is InChI=1S/C9H3Cl2FN2O3/c10-4-1-3(12)2-5(11)6(4)14-8(16)7(15)13-9(14)17/h1-2H,(H,13,15,17). The largest absolute Gasteiger partial charge is 0.336 e. The number of hydrogen-bond donors (Lipinski definition) is 1. The predicted molar refractivity (Wildman–Crippen MR) is 57.4 cm³/mol. The van der Waals surface area contributed by atoms with Crippen LogP contribution in [-0.4, -0.2) is 17.8 Å². The first-order chi connectivity index (χ1) is 7.91. The highest BCUT2D eigenvalue weighted by Crippen LogP contribution is 2.35. The molecule has 0 spiro atoms. The van der Waals surface area contributed by atoms with Crippen LogP contribution in [0.1, 0.15) is 0 Å². The SMILES string of the molecule is O=C1NC(=O)N(c2c(Cl)cc(F)cc2Cl)C1=O. The van der Waals surface area contributed by atoms with Crippen LogP contribution in [0, 0.1) is 5.82 Å². The van der Waals surface area contributed by atoms with Gasteiger partial charge < -0.3 is 0 Å². The van der Waals surface area contributed by atoms with E-state index in [4.69, 9.17) is 23.2 Å². The fourth-order valence-corrected chi connectivity index (χ4v) is 1.98. The van der Waals surface area contributed by atoms with Crippen LogP contribution in [0.5, 0.6) is 0 Å². The van der Waals surface area contributed by atoms with Gasteiger partial charge in [0.2, 0.25) is 0 Å². The molecule has 1 aromatic rings. The van der Waals surface area contributed by atoms with Gasteiger partial charge in [0.05, 0.1) is 15.7 Å². The van der Waals surface area contributed by atoms with Crippen molar-refractivity contribution in [1.82, 2.24) is 5.32 Å². The first-order valence-electron chi connectivity index (χ1n) is 4.25. The Balaban J connectivity index is 2.59. The number of rotatable bonds is 1. The lowest BCUT2D eigenvalue weighted by molar-refractivity contribution is -0.134. The third kappa shape index (κ3) is 1.85. The lowest BCUT2D eigenvalue weighted by atomic mass is 10.3. The summed E-state index contributed by atoms with van der Waals surface area (Å²) >= 11 is 11.4. The summed E-state index contributed by atoms with van der Waals surface area (Å²) in [6, 6.07) is 0.786. The normalized spacial score (nSPS) is 15.5. The quantitative estimate of drug-likeness (QED) is 0.627. The number of urea groups is 1. The summed E-state index contributed by atoms with van der Waals surface area (Å²) in [6.07, 6.45) is 0. The molecule has 2 rings (SSSR count). The second-order valence-corrected chi connectivity index (χ2v) is 3.93. The predicted octanol–water partition coefficient (Wildman–Crippen LogP) is 1.72. The Morgan fingerprint density at radius 2 is 1.65 bits per heavy atom. The molecule has 1 heterocycles. The van der Waals surface area contributed by atoms with Gasteiger partial charge in [0, 0.05) is 0 Å². The number of nitrogens with zero attached hydrogens (tertiary/aromatic N) is 1. The van der Waals surface area contributed by atoms with E-state index in [-0.39, 0.29) is 15.7 Å². The Morgan fingerprint density at radius 1 is 1.12 bits per heavy atom. The van der Waals surface area contributed by atoms with Gasteiger partial charge in [0.25, 0.3) is 0 Å². The molecule has 1 N–H and O–H groups in total. The summed E-state index contributed by atoms with van der Waals surface area (Å²) in [5, 5.41) is 1.29. The summed E-state index contributed by atoms with van der Waals surface area (Å²) in [5.74, 6) is -2.93. The monoisotopic (exact) mass is 276 g/mol. The minimum atomic E-state index is -1.12. The summed E-state index contributed by atoms with van der Waals surface area (Å²) < 4.78 is 12.9. The van der Waals surface area contributed by atoms with Crippen molar-refractivity contribution in [2.45, 2.75) is 0 Å². The molecule has 0 saturated carbocycles. The van der Waals surface area contributed by atoms with Gasteiger partial charge in [0.1, 0.15) is 5.82 Å². The molecule has 0 radical (unpaired) electrons. The minimum absolute atomic E-state index is 0.219. The molecule has 0 unspecified atom stereocenters. The summed E-state index contributed by atoms with van der Waals surface area (Å²) in [6.45, 7) is 0. The van der Waals surface area contributed by atoms with Gasteiger partial charge in [-0.1, -0.05) is 23.2 Å². The number of benzene rings is 1. The number of halogens is 3. The van der Waals surface area contributed by atoms with Crippen LogP contribution in [0.2, 0.25) is 10.0 Å². The Morgan fingerprint density at radius 3 is 2.06 bits per heavy atom. The molecule has 88 valence electrons. The number of anilines is 1. The van der Waals surface area contributed by atoms with E-state index in [1.54, 1.807) is 5.32 Å². The first kappa shape index (κ1) is 11.8. The molecule has 1 saturated heterocycles. The van der Waals surface area contributed by atoms with Crippen LogP contribution in [0.15, 0.2) is 12.1 Å². The zero-order valence-corrected chi connectivity index (χ0v) is 9.47. The Kier molecular flexibility index (Phi) is 2.76. The van der Waals surface area contributed by atoms with E-state index in [1.165, 1.54) is 0 Å². The van der Waals surface area contributed by atoms with Crippen molar-refractivity contribution in [3.8, 4) is 0 Å². The number of hydrogen-bond acceptors (Lipinski definition) is 3. The highest BCUT2D eigenvalue weighted by atomic mass is 35.5. The van der Waals surface area contributed by atoms with E-state index in [0.29, 0.717) is 4.90 Å². The molecule has 1 fully saturated rings. The first-order valence-corrected chi connectivity index (χ1v) is 5.01. The van der Waals surface area contributed by atoms with Crippen LogP contribution in [0.4, 0.5) is 14.9 Å². The van der Waals surface area contributed by atoms with Gasteiger partial charge in [-0.25, -0.2) is 14.1 Å². The smallest absolute Gasteiger partial charge is 0.269 e. The number of carbonyl (C=O) groups is 3. The fourth-order valence-electron chi connectivity index (χ4n) is 1.35. The van der Waals surface area contributed by atoms with Crippen LogP contribution < -0.4 is 10.2 Å². The van der Waals surface area contributed by atoms with Gasteiger partial charge in [-0.3, -0.25) is 14.9 Å². The number of imide groups is 2.